The molecule has 6 heteroatoms. The molecule has 6 nitrogen and oxygen atoms in total. The Balaban J connectivity index is 2.47. The topological polar surface area (TPSA) is 102 Å². The first-order valence-corrected chi connectivity index (χ1v) is 6.00. The van der Waals surface area contributed by atoms with Crippen molar-refractivity contribution in [2.45, 2.75) is 32.0 Å². The van der Waals surface area contributed by atoms with Crippen LogP contribution in [0.5, 0.6) is 0 Å². The van der Waals surface area contributed by atoms with Gasteiger partial charge in [0.2, 0.25) is 0 Å². The summed E-state index contributed by atoms with van der Waals surface area (Å²) in [6.07, 6.45) is -0.351. The molecule has 0 aliphatic carbocycles. The molecule has 1 aromatic rings. The van der Waals surface area contributed by atoms with Crippen molar-refractivity contribution in [3.8, 4) is 0 Å². The standard InChI is InChI=1S/C13H18N2O4/c1-2-10(14)11(12(16)17)15-13(18)19-8-9-6-4-3-5-7-9/h3-7,10-11H,2,8,14H2,1H3,(H,15,18)(H,16,17)/t10?,11-/m0/s1. The van der Waals surface area contributed by atoms with E-state index in [1.54, 1.807) is 19.1 Å². The molecule has 0 spiro atoms. The van der Waals surface area contributed by atoms with Gasteiger partial charge in [-0.15, -0.1) is 0 Å². The molecular weight excluding hydrogens is 248 g/mol. The van der Waals surface area contributed by atoms with Crippen molar-refractivity contribution < 1.29 is 19.4 Å². The number of carbonyl (C=O) groups excluding carboxylic acids is 1. The van der Waals surface area contributed by atoms with Crippen LogP contribution >= 0.6 is 0 Å². The third-order valence-corrected chi connectivity index (χ3v) is 2.65. The van der Waals surface area contributed by atoms with Gasteiger partial charge in [-0.3, -0.25) is 0 Å². The van der Waals surface area contributed by atoms with Crippen LogP contribution in [0.3, 0.4) is 0 Å². The summed E-state index contributed by atoms with van der Waals surface area (Å²) in [5.41, 5.74) is 6.45. The molecule has 0 aromatic heterocycles. The number of amides is 1. The van der Waals surface area contributed by atoms with E-state index in [4.69, 9.17) is 15.6 Å². The number of aliphatic carboxylic acids is 1. The highest BCUT2D eigenvalue weighted by atomic mass is 16.5. The van der Waals surface area contributed by atoms with Crippen molar-refractivity contribution in [3.05, 3.63) is 35.9 Å². The van der Waals surface area contributed by atoms with Gasteiger partial charge in [0.25, 0.3) is 0 Å². The van der Waals surface area contributed by atoms with E-state index in [1.807, 2.05) is 18.2 Å². The monoisotopic (exact) mass is 266 g/mol. The predicted molar refractivity (Wildman–Crippen MR) is 69.5 cm³/mol. The van der Waals surface area contributed by atoms with Gasteiger partial charge >= 0.3 is 12.1 Å². The number of hydrogen-bond acceptors (Lipinski definition) is 4. The van der Waals surface area contributed by atoms with Crippen molar-refractivity contribution in [2.24, 2.45) is 5.73 Å². The highest BCUT2D eigenvalue weighted by Gasteiger charge is 2.26. The Labute approximate surface area is 111 Å². The van der Waals surface area contributed by atoms with Gasteiger partial charge in [0.05, 0.1) is 0 Å². The Morgan fingerprint density at radius 1 is 1.37 bits per heavy atom. The van der Waals surface area contributed by atoms with E-state index in [9.17, 15) is 9.59 Å². The first-order chi connectivity index (χ1) is 9.04. The minimum Gasteiger partial charge on any atom is -0.480 e. The molecule has 104 valence electrons. The van der Waals surface area contributed by atoms with Gasteiger partial charge < -0.3 is 20.9 Å². The fraction of sp³-hybridized carbons (Fsp3) is 0.385. The lowest BCUT2D eigenvalue weighted by Crippen LogP contribution is -2.52. The number of hydrogen-bond donors (Lipinski definition) is 3. The molecule has 0 saturated carbocycles. The summed E-state index contributed by atoms with van der Waals surface area (Å²) in [5.74, 6) is -1.17. The summed E-state index contributed by atoms with van der Waals surface area (Å²) in [7, 11) is 0. The summed E-state index contributed by atoms with van der Waals surface area (Å²) in [5, 5.41) is 11.2. The minimum absolute atomic E-state index is 0.0837. The lowest BCUT2D eigenvalue weighted by atomic mass is 10.1. The van der Waals surface area contributed by atoms with Gasteiger partial charge in [0.15, 0.2) is 0 Å². The molecule has 1 amide bonds. The SMILES string of the molecule is CCC(N)[C@H](NC(=O)OCc1ccccc1)C(=O)O. The first-order valence-electron chi connectivity index (χ1n) is 6.00. The molecule has 0 radical (unpaired) electrons. The number of carboxylic acid groups (broad SMARTS) is 1. The number of alkyl carbamates (subject to hydrolysis) is 1. The summed E-state index contributed by atoms with van der Waals surface area (Å²) in [6.45, 7) is 1.83. The predicted octanol–water partition coefficient (Wildman–Crippen LogP) is 1.10. The third kappa shape index (κ3) is 4.97. The van der Waals surface area contributed by atoms with E-state index in [0.29, 0.717) is 6.42 Å². The van der Waals surface area contributed by atoms with Crippen LogP contribution in [0.2, 0.25) is 0 Å². The second-order valence-corrected chi connectivity index (χ2v) is 4.09. The molecule has 0 aliphatic rings. The van der Waals surface area contributed by atoms with E-state index in [0.717, 1.165) is 5.56 Å². The maximum atomic E-state index is 11.5. The van der Waals surface area contributed by atoms with Crippen molar-refractivity contribution in [2.75, 3.05) is 0 Å². The number of carboxylic acids is 1. The average molecular weight is 266 g/mol. The summed E-state index contributed by atoms with van der Waals surface area (Å²) in [4.78, 5) is 22.5. The van der Waals surface area contributed by atoms with Crippen LogP contribution in [0.4, 0.5) is 4.79 Å². The van der Waals surface area contributed by atoms with Crippen LogP contribution in [0.1, 0.15) is 18.9 Å². The third-order valence-electron chi connectivity index (χ3n) is 2.65. The molecular formula is C13H18N2O4. The molecule has 1 aromatic carbocycles. The maximum Gasteiger partial charge on any atom is 0.408 e. The lowest BCUT2D eigenvalue weighted by molar-refractivity contribution is -0.139. The zero-order valence-corrected chi connectivity index (χ0v) is 10.7. The van der Waals surface area contributed by atoms with Crippen LogP contribution in [0, 0.1) is 0 Å². The fourth-order valence-electron chi connectivity index (χ4n) is 1.48. The van der Waals surface area contributed by atoms with Gasteiger partial charge in [0, 0.05) is 6.04 Å². The Morgan fingerprint density at radius 3 is 2.53 bits per heavy atom. The van der Waals surface area contributed by atoms with Crippen LogP contribution < -0.4 is 11.1 Å². The second-order valence-electron chi connectivity index (χ2n) is 4.09. The average Bonchev–Trinajstić information content (AvgIpc) is 2.42. The molecule has 0 bridgehead atoms. The van der Waals surface area contributed by atoms with E-state index in [1.165, 1.54) is 0 Å². The smallest absolute Gasteiger partial charge is 0.408 e. The number of nitrogens with two attached hydrogens (primary N) is 1. The van der Waals surface area contributed by atoms with Crippen molar-refractivity contribution in [1.29, 1.82) is 0 Å². The Bertz CT molecular complexity index is 422. The van der Waals surface area contributed by atoms with Gasteiger partial charge in [-0.1, -0.05) is 37.3 Å². The molecule has 4 N–H and O–H groups in total. The highest BCUT2D eigenvalue weighted by Crippen LogP contribution is 2.02. The molecule has 19 heavy (non-hydrogen) atoms. The van der Waals surface area contributed by atoms with Crippen LogP contribution in [0.25, 0.3) is 0 Å². The first kappa shape index (κ1) is 15.0. The number of benzene rings is 1. The summed E-state index contributed by atoms with van der Waals surface area (Å²) < 4.78 is 4.93. The van der Waals surface area contributed by atoms with Gasteiger partial charge in [-0.05, 0) is 12.0 Å². The molecule has 1 unspecified atom stereocenters. The number of nitrogens with one attached hydrogen (secondary N) is 1. The number of ether oxygens (including phenoxy) is 1. The highest BCUT2D eigenvalue weighted by molar-refractivity contribution is 5.80. The van der Waals surface area contributed by atoms with Gasteiger partial charge in [-0.2, -0.15) is 0 Å². The molecule has 0 saturated heterocycles. The zero-order valence-electron chi connectivity index (χ0n) is 10.7. The number of rotatable bonds is 6. The maximum absolute atomic E-state index is 11.5. The quantitative estimate of drug-likeness (QED) is 0.715. The number of carbonyl (C=O) groups is 2. The Hall–Kier alpha value is -2.08. The lowest BCUT2D eigenvalue weighted by Gasteiger charge is -2.19. The molecule has 2 atom stereocenters. The van der Waals surface area contributed by atoms with Crippen molar-refractivity contribution >= 4 is 12.1 Å². The van der Waals surface area contributed by atoms with Gasteiger partial charge in [-0.25, -0.2) is 9.59 Å². The van der Waals surface area contributed by atoms with Crippen LogP contribution in [-0.4, -0.2) is 29.3 Å². The largest absolute Gasteiger partial charge is 0.480 e. The fourth-order valence-corrected chi connectivity index (χ4v) is 1.48. The zero-order chi connectivity index (χ0) is 14.3. The van der Waals surface area contributed by atoms with Crippen molar-refractivity contribution in [1.82, 2.24) is 5.32 Å². The van der Waals surface area contributed by atoms with E-state index >= 15 is 0 Å². The Kier molecular flexibility index (Phi) is 5.81. The van der Waals surface area contributed by atoms with Gasteiger partial charge in [0.1, 0.15) is 12.6 Å². The summed E-state index contributed by atoms with van der Waals surface area (Å²) in [6, 6.07) is 7.31. The van der Waals surface area contributed by atoms with E-state index in [-0.39, 0.29) is 6.61 Å². The Morgan fingerprint density at radius 2 is 2.00 bits per heavy atom. The normalized spacial score (nSPS) is 13.4. The van der Waals surface area contributed by atoms with Crippen molar-refractivity contribution in [3.63, 3.8) is 0 Å². The molecule has 1 rings (SSSR count). The van der Waals surface area contributed by atoms with E-state index in [2.05, 4.69) is 5.32 Å². The second kappa shape index (κ2) is 7.38. The molecule has 0 aliphatic heterocycles. The van der Waals surface area contributed by atoms with E-state index < -0.39 is 24.1 Å². The minimum atomic E-state index is -1.17. The van der Waals surface area contributed by atoms with Crippen LogP contribution in [-0.2, 0) is 16.1 Å². The molecule has 0 heterocycles. The van der Waals surface area contributed by atoms with Crippen LogP contribution in [0.15, 0.2) is 30.3 Å². The summed E-state index contributed by atoms with van der Waals surface area (Å²) >= 11 is 0. The molecule has 0 fully saturated rings.